The van der Waals surface area contributed by atoms with Crippen LogP contribution in [0.1, 0.15) is 24.2 Å². The zero-order valence-electron chi connectivity index (χ0n) is 15.1. The van der Waals surface area contributed by atoms with Crippen molar-refractivity contribution in [3.8, 4) is 5.75 Å². The van der Waals surface area contributed by atoms with Gasteiger partial charge in [-0.25, -0.2) is 0 Å². The van der Waals surface area contributed by atoms with E-state index in [0.717, 1.165) is 5.69 Å². The summed E-state index contributed by atoms with van der Waals surface area (Å²) in [5, 5.41) is 17.2. The number of methoxy groups -OCH3 is 1. The number of hydrogen-bond donors (Lipinski definition) is 2. The lowest BCUT2D eigenvalue weighted by atomic mass is 10.0. The van der Waals surface area contributed by atoms with Crippen molar-refractivity contribution in [2.24, 2.45) is 5.92 Å². The number of nitrogens with zero attached hydrogens (tertiary/aromatic N) is 1. The number of non-ortho nitro benzene ring substituents is 1. The Balaban J connectivity index is 2.10. The summed E-state index contributed by atoms with van der Waals surface area (Å²) in [6, 6.07) is 13.7. The molecule has 2 rings (SSSR count). The molecule has 0 saturated carbocycles. The van der Waals surface area contributed by atoms with Gasteiger partial charge in [-0.1, -0.05) is 32.0 Å². The molecule has 0 aliphatic heterocycles. The number of para-hydroxylation sites is 1. The van der Waals surface area contributed by atoms with Crippen molar-refractivity contribution in [2.45, 2.75) is 19.9 Å². The van der Waals surface area contributed by atoms with Crippen molar-refractivity contribution in [3.05, 3.63) is 64.2 Å². The van der Waals surface area contributed by atoms with Gasteiger partial charge < -0.3 is 15.4 Å². The average Bonchev–Trinajstić information content (AvgIpc) is 2.64. The van der Waals surface area contributed by atoms with Gasteiger partial charge in [0, 0.05) is 30.4 Å². The third-order valence-electron chi connectivity index (χ3n) is 4.05. The number of nitrogens with one attached hydrogen (secondary N) is 2. The highest BCUT2D eigenvalue weighted by Crippen LogP contribution is 2.24. The molecule has 0 aromatic heterocycles. The maximum atomic E-state index is 12.5. The minimum Gasteiger partial charge on any atom is -0.496 e. The molecule has 2 N–H and O–H groups in total. The summed E-state index contributed by atoms with van der Waals surface area (Å²) >= 11 is 0. The molecule has 1 unspecified atom stereocenters. The number of rotatable bonds is 8. The van der Waals surface area contributed by atoms with Gasteiger partial charge in [0.15, 0.2) is 0 Å². The van der Waals surface area contributed by atoms with Crippen LogP contribution in [0.4, 0.5) is 11.4 Å². The van der Waals surface area contributed by atoms with Crippen molar-refractivity contribution in [1.82, 2.24) is 5.32 Å². The Hall–Kier alpha value is -3.09. The highest BCUT2D eigenvalue weighted by Gasteiger charge is 2.20. The lowest BCUT2D eigenvalue weighted by Gasteiger charge is -2.24. The van der Waals surface area contributed by atoms with E-state index >= 15 is 0 Å². The second kappa shape index (κ2) is 8.84. The maximum absolute atomic E-state index is 12.5. The van der Waals surface area contributed by atoms with Gasteiger partial charge in [-0.3, -0.25) is 14.9 Å². The Kier molecular flexibility index (Phi) is 6.54. The van der Waals surface area contributed by atoms with E-state index in [4.69, 9.17) is 4.74 Å². The minimum atomic E-state index is -0.538. The third-order valence-corrected chi connectivity index (χ3v) is 4.05. The SMILES string of the molecule is COc1ccc([N+](=O)[O-])cc1C(=O)NCC(Nc1ccccc1)C(C)C. The first kappa shape index (κ1) is 19.2. The fourth-order valence-electron chi connectivity index (χ4n) is 2.49. The van der Waals surface area contributed by atoms with E-state index in [-0.39, 0.29) is 23.2 Å². The number of hydrogen-bond acceptors (Lipinski definition) is 5. The van der Waals surface area contributed by atoms with Gasteiger partial charge in [0.1, 0.15) is 5.75 Å². The molecule has 2 aromatic carbocycles. The predicted octanol–water partition coefficient (Wildman–Crippen LogP) is 3.47. The summed E-state index contributed by atoms with van der Waals surface area (Å²) in [4.78, 5) is 23.0. The number of nitro benzene ring substituents is 1. The Morgan fingerprint density at radius 1 is 1.19 bits per heavy atom. The summed E-state index contributed by atoms with van der Waals surface area (Å²) in [5.41, 5.74) is 0.955. The quantitative estimate of drug-likeness (QED) is 0.557. The van der Waals surface area contributed by atoms with Crippen LogP contribution in [-0.2, 0) is 0 Å². The second-order valence-electron chi connectivity index (χ2n) is 6.21. The minimum absolute atomic E-state index is 0.00560. The van der Waals surface area contributed by atoms with Crippen molar-refractivity contribution in [3.63, 3.8) is 0 Å². The first-order chi connectivity index (χ1) is 12.4. The Bertz CT molecular complexity index is 763. The molecule has 0 fully saturated rings. The molecule has 2 aromatic rings. The van der Waals surface area contributed by atoms with Crippen LogP contribution in [0, 0.1) is 16.0 Å². The van der Waals surface area contributed by atoms with E-state index in [1.54, 1.807) is 0 Å². The molecule has 26 heavy (non-hydrogen) atoms. The molecule has 138 valence electrons. The number of carbonyl (C=O) groups is 1. The fraction of sp³-hybridized carbons (Fsp3) is 0.316. The number of benzene rings is 2. The molecule has 1 amide bonds. The fourth-order valence-corrected chi connectivity index (χ4v) is 2.49. The highest BCUT2D eigenvalue weighted by molar-refractivity contribution is 5.97. The molecule has 7 nitrogen and oxygen atoms in total. The van der Waals surface area contributed by atoms with Gasteiger partial charge in [-0.15, -0.1) is 0 Å². The Morgan fingerprint density at radius 3 is 2.46 bits per heavy atom. The number of carbonyl (C=O) groups excluding carboxylic acids is 1. The molecule has 1 atom stereocenters. The average molecular weight is 357 g/mol. The molecular formula is C19H23N3O4. The summed E-state index contributed by atoms with van der Waals surface area (Å²) in [7, 11) is 1.42. The maximum Gasteiger partial charge on any atom is 0.270 e. The lowest BCUT2D eigenvalue weighted by molar-refractivity contribution is -0.384. The third kappa shape index (κ3) is 4.95. The van der Waals surface area contributed by atoms with Crippen molar-refractivity contribution in [2.75, 3.05) is 19.0 Å². The standard InChI is InChI=1S/C19H23N3O4/c1-13(2)17(21-14-7-5-4-6-8-14)12-20-19(23)16-11-15(22(24)25)9-10-18(16)26-3/h4-11,13,17,21H,12H2,1-3H3,(H,20,23). The topological polar surface area (TPSA) is 93.5 Å². The highest BCUT2D eigenvalue weighted by atomic mass is 16.6. The monoisotopic (exact) mass is 357 g/mol. The van der Waals surface area contributed by atoms with E-state index in [2.05, 4.69) is 24.5 Å². The van der Waals surface area contributed by atoms with Crippen molar-refractivity contribution < 1.29 is 14.5 Å². The van der Waals surface area contributed by atoms with Crippen LogP contribution >= 0.6 is 0 Å². The number of amides is 1. The molecule has 0 radical (unpaired) electrons. The molecule has 0 aliphatic carbocycles. The molecule has 0 saturated heterocycles. The van der Waals surface area contributed by atoms with Gasteiger partial charge in [0.2, 0.25) is 0 Å². The molecular weight excluding hydrogens is 334 g/mol. The van der Waals surface area contributed by atoms with Gasteiger partial charge in [-0.2, -0.15) is 0 Å². The summed E-state index contributed by atoms with van der Waals surface area (Å²) in [5.74, 6) is 0.152. The first-order valence-electron chi connectivity index (χ1n) is 8.34. The predicted molar refractivity (Wildman–Crippen MR) is 101 cm³/mol. The molecule has 7 heteroatoms. The van der Waals surface area contributed by atoms with E-state index in [1.807, 2.05) is 30.3 Å². The van der Waals surface area contributed by atoms with Crippen molar-refractivity contribution in [1.29, 1.82) is 0 Å². The van der Waals surface area contributed by atoms with Crippen LogP contribution in [0.2, 0.25) is 0 Å². The number of ether oxygens (including phenoxy) is 1. The van der Waals surface area contributed by atoms with E-state index in [0.29, 0.717) is 12.3 Å². The zero-order chi connectivity index (χ0) is 19.1. The van der Waals surface area contributed by atoms with Crippen LogP contribution in [0.15, 0.2) is 48.5 Å². The van der Waals surface area contributed by atoms with Crippen LogP contribution in [0.3, 0.4) is 0 Å². The number of anilines is 1. The van der Waals surface area contributed by atoms with Gasteiger partial charge >= 0.3 is 0 Å². The van der Waals surface area contributed by atoms with Crippen LogP contribution < -0.4 is 15.4 Å². The second-order valence-corrected chi connectivity index (χ2v) is 6.21. The molecule has 0 bridgehead atoms. The van der Waals surface area contributed by atoms with E-state index < -0.39 is 10.8 Å². The smallest absolute Gasteiger partial charge is 0.270 e. The molecule has 0 spiro atoms. The van der Waals surface area contributed by atoms with Gasteiger partial charge in [0.05, 0.1) is 17.6 Å². The Morgan fingerprint density at radius 2 is 1.88 bits per heavy atom. The number of nitro groups is 1. The Labute approximate surface area is 152 Å². The largest absolute Gasteiger partial charge is 0.496 e. The zero-order valence-corrected chi connectivity index (χ0v) is 15.1. The van der Waals surface area contributed by atoms with E-state index in [1.165, 1.54) is 25.3 Å². The summed E-state index contributed by atoms with van der Waals surface area (Å²) in [6.45, 7) is 4.48. The van der Waals surface area contributed by atoms with Crippen molar-refractivity contribution >= 4 is 17.3 Å². The molecule has 0 heterocycles. The molecule has 0 aliphatic rings. The van der Waals surface area contributed by atoms with Crippen LogP contribution in [-0.4, -0.2) is 30.5 Å². The van der Waals surface area contributed by atoms with Gasteiger partial charge in [-0.05, 0) is 24.1 Å². The lowest BCUT2D eigenvalue weighted by Crippen LogP contribution is -2.39. The van der Waals surface area contributed by atoms with Crippen LogP contribution in [0.25, 0.3) is 0 Å². The van der Waals surface area contributed by atoms with E-state index in [9.17, 15) is 14.9 Å². The normalized spacial score (nSPS) is 11.7. The first-order valence-corrected chi connectivity index (χ1v) is 8.34. The summed E-state index contributed by atoms with van der Waals surface area (Å²) in [6.07, 6.45) is 0. The summed E-state index contributed by atoms with van der Waals surface area (Å²) < 4.78 is 5.15. The van der Waals surface area contributed by atoms with Crippen LogP contribution in [0.5, 0.6) is 5.75 Å². The van der Waals surface area contributed by atoms with Gasteiger partial charge in [0.25, 0.3) is 11.6 Å².